The summed E-state index contributed by atoms with van der Waals surface area (Å²) in [5, 5.41) is 11.7. The highest BCUT2D eigenvalue weighted by atomic mass is 16.4. The zero-order chi connectivity index (χ0) is 15.4. The molecule has 0 spiro atoms. The third-order valence-corrected chi connectivity index (χ3v) is 3.56. The van der Waals surface area contributed by atoms with E-state index in [-0.39, 0.29) is 17.7 Å². The van der Waals surface area contributed by atoms with Crippen LogP contribution >= 0.6 is 0 Å². The number of aliphatic carboxylic acids is 1. The molecule has 1 saturated heterocycles. The zero-order valence-corrected chi connectivity index (χ0v) is 12.1. The molecule has 0 aromatic heterocycles. The Labute approximate surface area is 118 Å². The van der Waals surface area contributed by atoms with E-state index in [4.69, 9.17) is 5.73 Å². The summed E-state index contributed by atoms with van der Waals surface area (Å²) in [6, 6.07) is -2.37. The molecule has 1 rings (SSSR count). The highest BCUT2D eigenvalue weighted by Crippen LogP contribution is 2.25. The summed E-state index contributed by atoms with van der Waals surface area (Å²) in [6.07, 6.45) is 1.08. The number of carbonyl (C=O) groups is 3. The van der Waals surface area contributed by atoms with Crippen LogP contribution in [0.15, 0.2) is 0 Å². The molecular formula is C13H23N3O4. The van der Waals surface area contributed by atoms with E-state index < -0.39 is 24.1 Å². The first-order valence-electron chi connectivity index (χ1n) is 6.83. The first-order chi connectivity index (χ1) is 9.23. The van der Waals surface area contributed by atoms with Crippen LogP contribution in [-0.4, -0.2) is 46.5 Å². The Morgan fingerprint density at radius 3 is 2.45 bits per heavy atom. The predicted octanol–water partition coefficient (Wildman–Crippen LogP) is 0.391. The van der Waals surface area contributed by atoms with Crippen molar-refractivity contribution in [3.05, 3.63) is 0 Å². The normalized spacial score (nSPS) is 23.7. The van der Waals surface area contributed by atoms with Crippen LogP contribution in [0.25, 0.3) is 0 Å². The van der Waals surface area contributed by atoms with Gasteiger partial charge in [-0.05, 0) is 24.7 Å². The average Bonchev–Trinajstić information content (AvgIpc) is 2.68. The van der Waals surface area contributed by atoms with E-state index >= 15 is 0 Å². The third kappa shape index (κ3) is 3.85. The van der Waals surface area contributed by atoms with Crippen LogP contribution in [-0.2, 0) is 9.59 Å². The number of nitrogens with zero attached hydrogens (tertiary/aromatic N) is 1. The van der Waals surface area contributed by atoms with Crippen molar-refractivity contribution in [1.29, 1.82) is 0 Å². The van der Waals surface area contributed by atoms with E-state index in [2.05, 4.69) is 5.32 Å². The minimum absolute atomic E-state index is 0.0928. The Bertz CT molecular complexity index is 397. The number of hydrogen-bond acceptors (Lipinski definition) is 3. The number of amides is 3. The number of carboxylic acids is 1. The molecule has 1 heterocycles. The van der Waals surface area contributed by atoms with E-state index in [1.165, 1.54) is 4.90 Å². The summed E-state index contributed by atoms with van der Waals surface area (Å²) in [6.45, 7) is 6.05. The van der Waals surface area contributed by atoms with Gasteiger partial charge in [0.25, 0.3) is 0 Å². The molecule has 3 amide bonds. The number of carbonyl (C=O) groups excluding carboxylic acids is 2. The molecule has 0 aromatic carbocycles. The molecule has 7 nitrogen and oxygen atoms in total. The molecule has 3 atom stereocenters. The van der Waals surface area contributed by atoms with E-state index in [1.807, 2.05) is 20.8 Å². The van der Waals surface area contributed by atoms with Gasteiger partial charge in [-0.25, -0.2) is 9.59 Å². The Morgan fingerprint density at radius 2 is 2.00 bits per heavy atom. The lowest BCUT2D eigenvalue weighted by Gasteiger charge is -2.28. The Morgan fingerprint density at radius 1 is 1.40 bits per heavy atom. The average molecular weight is 285 g/mol. The second kappa shape index (κ2) is 6.58. The third-order valence-electron chi connectivity index (χ3n) is 3.56. The Kier molecular flexibility index (Phi) is 5.35. The monoisotopic (exact) mass is 285 g/mol. The fourth-order valence-electron chi connectivity index (χ4n) is 2.64. The zero-order valence-electron chi connectivity index (χ0n) is 12.1. The predicted molar refractivity (Wildman–Crippen MR) is 72.9 cm³/mol. The number of hydrogen-bond donors (Lipinski definition) is 3. The van der Waals surface area contributed by atoms with Crippen LogP contribution in [0, 0.1) is 11.8 Å². The lowest BCUT2D eigenvalue weighted by Crippen LogP contribution is -2.53. The van der Waals surface area contributed by atoms with Gasteiger partial charge in [0.1, 0.15) is 12.1 Å². The molecule has 20 heavy (non-hydrogen) atoms. The van der Waals surface area contributed by atoms with Crippen molar-refractivity contribution in [2.45, 2.75) is 45.7 Å². The van der Waals surface area contributed by atoms with E-state index in [1.54, 1.807) is 0 Å². The van der Waals surface area contributed by atoms with Gasteiger partial charge in [-0.2, -0.15) is 0 Å². The molecule has 1 fully saturated rings. The Balaban J connectivity index is 2.87. The van der Waals surface area contributed by atoms with Crippen LogP contribution in [0.3, 0.4) is 0 Å². The fraction of sp³-hybridized carbons (Fsp3) is 0.769. The minimum Gasteiger partial charge on any atom is -0.480 e. The smallest absolute Gasteiger partial charge is 0.326 e. The maximum Gasteiger partial charge on any atom is 0.326 e. The van der Waals surface area contributed by atoms with Crippen LogP contribution in [0.4, 0.5) is 4.79 Å². The van der Waals surface area contributed by atoms with E-state index in [9.17, 15) is 19.5 Å². The molecule has 1 aliphatic rings. The quantitative estimate of drug-likeness (QED) is 0.678. The van der Waals surface area contributed by atoms with Gasteiger partial charge in [0, 0.05) is 6.54 Å². The van der Waals surface area contributed by atoms with Gasteiger partial charge >= 0.3 is 12.0 Å². The molecule has 4 N–H and O–H groups in total. The number of primary amides is 1. The van der Waals surface area contributed by atoms with Gasteiger partial charge in [-0.15, -0.1) is 0 Å². The number of nitrogens with one attached hydrogen (secondary N) is 1. The van der Waals surface area contributed by atoms with E-state index in [0.717, 1.165) is 0 Å². The molecule has 0 saturated carbocycles. The van der Waals surface area contributed by atoms with Crippen LogP contribution < -0.4 is 11.1 Å². The lowest BCUT2D eigenvalue weighted by molar-refractivity contribution is -0.150. The van der Waals surface area contributed by atoms with Gasteiger partial charge in [-0.3, -0.25) is 4.79 Å². The van der Waals surface area contributed by atoms with Crippen molar-refractivity contribution < 1.29 is 19.5 Å². The van der Waals surface area contributed by atoms with Crippen LogP contribution in [0.1, 0.15) is 33.6 Å². The first-order valence-corrected chi connectivity index (χ1v) is 6.83. The second-order valence-corrected chi connectivity index (χ2v) is 5.77. The molecule has 1 aliphatic heterocycles. The summed E-state index contributed by atoms with van der Waals surface area (Å²) in [4.78, 5) is 36.1. The number of likely N-dealkylation sites (tertiary alicyclic amines) is 1. The molecule has 7 heteroatoms. The summed E-state index contributed by atoms with van der Waals surface area (Å²) >= 11 is 0. The molecule has 3 unspecified atom stereocenters. The van der Waals surface area contributed by atoms with Crippen molar-refractivity contribution in [3.63, 3.8) is 0 Å². The van der Waals surface area contributed by atoms with Crippen LogP contribution in [0.2, 0.25) is 0 Å². The number of carboxylic acid groups (broad SMARTS) is 1. The van der Waals surface area contributed by atoms with Crippen molar-refractivity contribution in [2.75, 3.05) is 6.54 Å². The Hall–Kier alpha value is -1.79. The molecular weight excluding hydrogens is 262 g/mol. The molecule has 0 radical (unpaired) electrons. The maximum absolute atomic E-state index is 12.5. The SMILES string of the molecule is CC(C)CC(NC(N)=O)C(=O)N1CCC(C)C1C(=O)O. The van der Waals surface area contributed by atoms with Crippen molar-refractivity contribution in [3.8, 4) is 0 Å². The van der Waals surface area contributed by atoms with Gasteiger partial charge in [0.05, 0.1) is 0 Å². The standard InChI is InChI=1S/C13H23N3O4/c1-7(2)6-9(15-13(14)20)11(17)16-5-4-8(3)10(16)12(18)19/h7-10H,4-6H2,1-3H3,(H,18,19)(H3,14,15,20). The molecule has 114 valence electrons. The first kappa shape index (κ1) is 16.3. The molecule has 0 aromatic rings. The highest BCUT2D eigenvalue weighted by molar-refractivity contribution is 5.90. The summed E-state index contributed by atoms with van der Waals surface area (Å²) < 4.78 is 0. The molecule has 0 bridgehead atoms. The van der Waals surface area contributed by atoms with E-state index in [0.29, 0.717) is 19.4 Å². The summed E-state index contributed by atoms with van der Waals surface area (Å²) in [5.74, 6) is -1.29. The maximum atomic E-state index is 12.5. The van der Waals surface area contributed by atoms with Gasteiger partial charge in [0.2, 0.25) is 5.91 Å². The van der Waals surface area contributed by atoms with Crippen molar-refractivity contribution in [1.82, 2.24) is 10.2 Å². The minimum atomic E-state index is -1.01. The highest BCUT2D eigenvalue weighted by Gasteiger charge is 2.41. The number of nitrogens with two attached hydrogens (primary N) is 1. The van der Waals surface area contributed by atoms with Gasteiger partial charge in [0.15, 0.2) is 0 Å². The van der Waals surface area contributed by atoms with Crippen LogP contribution in [0.5, 0.6) is 0 Å². The topological polar surface area (TPSA) is 113 Å². The molecule has 0 aliphatic carbocycles. The fourth-order valence-corrected chi connectivity index (χ4v) is 2.64. The van der Waals surface area contributed by atoms with Gasteiger partial charge in [-0.1, -0.05) is 20.8 Å². The summed E-state index contributed by atoms with van der Waals surface area (Å²) in [5.41, 5.74) is 5.09. The van der Waals surface area contributed by atoms with Crippen molar-refractivity contribution >= 4 is 17.9 Å². The number of rotatable bonds is 5. The summed E-state index contributed by atoms with van der Waals surface area (Å²) in [7, 11) is 0. The second-order valence-electron chi connectivity index (χ2n) is 5.77. The number of urea groups is 1. The van der Waals surface area contributed by atoms with Crippen molar-refractivity contribution in [2.24, 2.45) is 17.6 Å². The van der Waals surface area contributed by atoms with Gasteiger partial charge < -0.3 is 21.1 Å². The lowest BCUT2D eigenvalue weighted by atomic mass is 10.0. The largest absolute Gasteiger partial charge is 0.480 e.